The van der Waals surface area contributed by atoms with E-state index in [9.17, 15) is 4.79 Å². The van der Waals surface area contributed by atoms with E-state index in [1.807, 2.05) is 44.2 Å². The lowest BCUT2D eigenvalue weighted by atomic mass is 10.1. The first-order valence-electron chi connectivity index (χ1n) is 6.95. The molecule has 0 unspecified atom stereocenters. The lowest BCUT2D eigenvalue weighted by molar-refractivity contribution is 0.587. The number of rotatable bonds is 2. The fourth-order valence-corrected chi connectivity index (χ4v) is 2.98. The topological polar surface area (TPSA) is 34.9 Å². The van der Waals surface area contributed by atoms with Gasteiger partial charge in [-0.2, -0.15) is 4.98 Å². The van der Waals surface area contributed by atoms with Gasteiger partial charge in [-0.05, 0) is 38.1 Å². The van der Waals surface area contributed by atoms with Crippen LogP contribution >= 0.6 is 23.2 Å². The Morgan fingerprint density at radius 1 is 1.09 bits per heavy atom. The Kier molecular flexibility index (Phi) is 3.94. The molecule has 1 aromatic heterocycles. The molecular weight excluding hydrogens is 319 g/mol. The maximum Gasteiger partial charge on any atom is 0.348 e. The van der Waals surface area contributed by atoms with Crippen LogP contribution in [0.5, 0.6) is 0 Å². The van der Waals surface area contributed by atoms with Crippen molar-refractivity contribution in [2.75, 3.05) is 0 Å². The Morgan fingerprint density at radius 2 is 1.82 bits per heavy atom. The molecule has 0 aliphatic carbocycles. The number of hydrogen-bond acceptors (Lipinski definition) is 2. The van der Waals surface area contributed by atoms with Crippen LogP contribution in [0.1, 0.15) is 19.9 Å². The zero-order valence-corrected chi connectivity index (χ0v) is 13.7. The second-order valence-corrected chi connectivity index (χ2v) is 6.19. The van der Waals surface area contributed by atoms with Gasteiger partial charge >= 0.3 is 5.69 Å². The number of halogens is 2. The predicted molar refractivity (Wildman–Crippen MR) is 91.8 cm³/mol. The van der Waals surface area contributed by atoms with Crippen LogP contribution in [0.2, 0.25) is 10.0 Å². The molecule has 0 aliphatic rings. The van der Waals surface area contributed by atoms with Gasteiger partial charge in [0.2, 0.25) is 0 Å². The lowest BCUT2D eigenvalue weighted by Crippen LogP contribution is -2.25. The minimum Gasteiger partial charge on any atom is -0.289 e. The average molecular weight is 333 g/mol. The molecule has 3 rings (SSSR count). The molecule has 0 saturated heterocycles. The largest absolute Gasteiger partial charge is 0.348 e. The van der Waals surface area contributed by atoms with Crippen LogP contribution in [0.25, 0.3) is 22.2 Å². The fraction of sp³-hybridized carbons (Fsp3) is 0.176. The first-order chi connectivity index (χ1) is 10.5. The van der Waals surface area contributed by atoms with E-state index in [1.165, 1.54) is 0 Å². The number of nitrogens with zero attached hydrogens (tertiary/aromatic N) is 2. The summed E-state index contributed by atoms with van der Waals surface area (Å²) >= 11 is 12.4. The number of benzene rings is 2. The second kappa shape index (κ2) is 5.75. The SMILES string of the molecule is CC(C)n1c(=O)nc(-c2ccccc2Cl)c2cc(Cl)ccc21. The van der Waals surface area contributed by atoms with Crippen molar-refractivity contribution in [3.63, 3.8) is 0 Å². The summed E-state index contributed by atoms with van der Waals surface area (Å²) < 4.78 is 1.66. The van der Waals surface area contributed by atoms with Crippen LogP contribution in [0, 0.1) is 0 Å². The van der Waals surface area contributed by atoms with E-state index in [-0.39, 0.29) is 11.7 Å². The summed E-state index contributed by atoms with van der Waals surface area (Å²) in [5, 5.41) is 1.96. The molecule has 1 heterocycles. The highest BCUT2D eigenvalue weighted by molar-refractivity contribution is 6.34. The molecule has 0 atom stereocenters. The third-order valence-corrected chi connectivity index (χ3v) is 4.10. The van der Waals surface area contributed by atoms with Gasteiger partial charge in [0, 0.05) is 27.0 Å². The zero-order valence-electron chi connectivity index (χ0n) is 12.2. The molecule has 0 aliphatic heterocycles. The third-order valence-electron chi connectivity index (χ3n) is 3.53. The molecule has 0 amide bonds. The Balaban J connectivity index is 2.47. The van der Waals surface area contributed by atoms with Crippen molar-refractivity contribution in [1.82, 2.24) is 9.55 Å². The van der Waals surface area contributed by atoms with Crippen LogP contribution in [0.3, 0.4) is 0 Å². The normalized spacial score (nSPS) is 11.3. The predicted octanol–water partition coefficient (Wildman–Crippen LogP) is 4.95. The van der Waals surface area contributed by atoms with Crippen molar-refractivity contribution < 1.29 is 0 Å². The van der Waals surface area contributed by atoms with Gasteiger partial charge in [0.15, 0.2) is 0 Å². The summed E-state index contributed by atoms with van der Waals surface area (Å²) in [5.74, 6) is 0. The first kappa shape index (κ1) is 15.1. The van der Waals surface area contributed by atoms with E-state index in [4.69, 9.17) is 23.2 Å². The molecule has 112 valence electrons. The Bertz CT molecular complexity index is 916. The molecule has 0 bridgehead atoms. The quantitative estimate of drug-likeness (QED) is 0.665. The van der Waals surface area contributed by atoms with Gasteiger partial charge in [0.25, 0.3) is 0 Å². The van der Waals surface area contributed by atoms with Gasteiger partial charge in [-0.1, -0.05) is 41.4 Å². The van der Waals surface area contributed by atoms with Crippen molar-refractivity contribution in [3.05, 3.63) is 63.0 Å². The van der Waals surface area contributed by atoms with Gasteiger partial charge in [-0.25, -0.2) is 4.79 Å². The summed E-state index contributed by atoms with van der Waals surface area (Å²) in [6.45, 7) is 3.90. The van der Waals surface area contributed by atoms with Crippen LogP contribution in [0.15, 0.2) is 47.3 Å². The van der Waals surface area contributed by atoms with Crippen LogP contribution in [0.4, 0.5) is 0 Å². The van der Waals surface area contributed by atoms with Gasteiger partial charge in [0.1, 0.15) is 0 Å². The molecule has 0 spiro atoms. The van der Waals surface area contributed by atoms with Crippen LogP contribution < -0.4 is 5.69 Å². The maximum absolute atomic E-state index is 12.4. The Hall–Kier alpha value is -1.84. The van der Waals surface area contributed by atoms with E-state index in [0.29, 0.717) is 15.7 Å². The lowest BCUT2D eigenvalue weighted by Gasteiger charge is -2.16. The molecular formula is C17H14Cl2N2O. The van der Waals surface area contributed by atoms with Gasteiger partial charge in [-0.15, -0.1) is 0 Å². The Labute approximate surface area is 138 Å². The van der Waals surface area contributed by atoms with E-state index in [0.717, 1.165) is 16.5 Å². The molecule has 0 fully saturated rings. The average Bonchev–Trinajstić information content (AvgIpc) is 2.47. The van der Waals surface area contributed by atoms with Crippen molar-refractivity contribution in [3.8, 4) is 11.3 Å². The highest BCUT2D eigenvalue weighted by atomic mass is 35.5. The van der Waals surface area contributed by atoms with Gasteiger partial charge in [0.05, 0.1) is 11.2 Å². The van der Waals surface area contributed by atoms with Crippen molar-refractivity contribution in [2.45, 2.75) is 19.9 Å². The number of fused-ring (bicyclic) bond motifs is 1. The zero-order chi connectivity index (χ0) is 15.9. The summed E-state index contributed by atoms with van der Waals surface area (Å²) in [6, 6.07) is 12.8. The first-order valence-corrected chi connectivity index (χ1v) is 7.71. The van der Waals surface area contributed by atoms with E-state index >= 15 is 0 Å². The maximum atomic E-state index is 12.4. The van der Waals surface area contributed by atoms with E-state index in [1.54, 1.807) is 16.7 Å². The second-order valence-electron chi connectivity index (χ2n) is 5.35. The highest BCUT2D eigenvalue weighted by Crippen LogP contribution is 2.32. The molecule has 3 aromatic rings. The summed E-state index contributed by atoms with van der Waals surface area (Å²) in [5.41, 5.74) is 1.79. The molecule has 0 saturated carbocycles. The van der Waals surface area contributed by atoms with Gasteiger partial charge in [-0.3, -0.25) is 4.57 Å². The summed E-state index contributed by atoms with van der Waals surface area (Å²) in [4.78, 5) is 16.7. The molecule has 0 radical (unpaired) electrons. The smallest absolute Gasteiger partial charge is 0.289 e. The minimum absolute atomic E-state index is 0.00368. The fourth-order valence-electron chi connectivity index (χ4n) is 2.58. The van der Waals surface area contributed by atoms with Crippen molar-refractivity contribution in [2.24, 2.45) is 0 Å². The standard InChI is InChI=1S/C17H14Cl2N2O/c1-10(2)21-15-8-7-11(18)9-13(15)16(20-17(21)22)12-5-3-4-6-14(12)19/h3-10H,1-2H3. The molecule has 22 heavy (non-hydrogen) atoms. The van der Waals surface area contributed by atoms with Crippen LogP contribution in [-0.2, 0) is 0 Å². The summed E-state index contributed by atoms with van der Waals surface area (Å²) in [6.07, 6.45) is 0. The number of hydrogen-bond donors (Lipinski definition) is 0. The summed E-state index contributed by atoms with van der Waals surface area (Å²) in [7, 11) is 0. The molecule has 3 nitrogen and oxygen atoms in total. The number of aromatic nitrogens is 2. The van der Waals surface area contributed by atoms with E-state index < -0.39 is 0 Å². The van der Waals surface area contributed by atoms with Crippen molar-refractivity contribution in [1.29, 1.82) is 0 Å². The Morgan fingerprint density at radius 3 is 2.50 bits per heavy atom. The minimum atomic E-state index is -0.292. The van der Waals surface area contributed by atoms with Gasteiger partial charge < -0.3 is 0 Å². The molecule has 5 heteroatoms. The van der Waals surface area contributed by atoms with Crippen molar-refractivity contribution >= 4 is 34.1 Å². The highest BCUT2D eigenvalue weighted by Gasteiger charge is 2.15. The third kappa shape index (κ3) is 2.51. The van der Waals surface area contributed by atoms with E-state index in [2.05, 4.69) is 4.98 Å². The molecule has 2 aromatic carbocycles. The molecule has 0 N–H and O–H groups in total. The van der Waals surface area contributed by atoms with Crippen LogP contribution in [-0.4, -0.2) is 9.55 Å². The monoisotopic (exact) mass is 332 g/mol.